The van der Waals surface area contributed by atoms with Crippen molar-refractivity contribution >= 4 is 0 Å². The van der Waals surface area contributed by atoms with Crippen LogP contribution < -0.4 is 5.32 Å². The molecular weight excluding hydrogens is 172 g/mol. The quantitative estimate of drug-likeness (QED) is 0.741. The molecule has 1 N–H and O–H groups in total. The van der Waals surface area contributed by atoms with Gasteiger partial charge in [-0.1, -0.05) is 20.3 Å². The molecule has 2 heteroatoms. The highest BCUT2D eigenvalue weighted by Gasteiger charge is 2.32. The van der Waals surface area contributed by atoms with E-state index in [9.17, 15) is 0 Å². The molecule has 0 aromatic carbocycles. The lowest BCUT2D eigenvalue weighted by Crippen LogP contribution is -2.36. The van der Waals surface area contributed by atoms with Crippen molar-refractivity contribution < 1.29 is 0 Å². The minimum absolute atomic E-state index is 0.778. The Kier molecular flexibility index (Phi) is 3.45. The van der Waals surface area contributed by atoms with E-state index in [-0.39, 0.29) is 0 Å². The normalized spacial score (nSPS) is 33.6. The fourth-order valence-corrected chi connectivity index (χ4v) is 2.80. The first kappa shape index (κ1) is 10.4. The predicted molar refractivity (Wildman–Crippen MR) is 60.5 cm³/mol. The highest BCUT2D eigenvalue weighted by molar-refractivity contribution is 4.91. The number of hydrogen-bond acceptors (Lipinski definition) is 2. The Hall–Kier alpha value is -0.0800. The Morgan fingerprint density at radius 3 is 2.93 bits per heavy atom. The molecule has 2 rings (SSSR count). The molecule has 2 nitrogen and oxygen atoms in total. The van der Waals surface area contributed by atoms with Crippen molar-refractivity contribution in [2.75, 3.05) is 19.6 Å². The minimum atomic E-state index is 0.778. The van der Waals surface area contributed by atoms with Crippen LogP contribution in [0.15, 0.2) is 0 Å². The summed E-state index contributed by atoms with van der Waals surface area (Å²) in [5, 5.41) is 3.70. The average Bonchev–Trinajstić information content (AvgIpc) is 2.57. The zero-order chi connectivity index (χ0) is 9.97. The van der Waals surface area contributed by atoms with Gasteiger partial charge in [0.15, 0.2) is 0 Å². The summed E-state index contributed by atoms with van der Waals surface area (Å²) in [5.74, 6) is 0.785. The maximum absolute atomic E-state index is 3.70. The van der Waals surface area contributed by atoms with E-state index >= 15 is 0 Å². The topological polar surface area (TPSA) is 15.3 Å². The van der Waals surface area contributed by atoms with E-state index in [1.165, 1.54) is 45.3 Å². The molecule has 0 spiro atoms. The molecule has 82 valence electrons. The number of nitrogens with one attached hydrogen (secondary N) is 1. The number of hydrogen-bond donors (Lipinski definition) is 1. The molecule has 2 fully saturated rings. The van der Waals surface area contributed by atoms with E-state index in [1.807, 2.05) is 0 Å². The van der Waals surface area contributed by atoms with Crippen LogP contribution in [0.5, 0.6) is 0 Å². The van der Waals surface area contributed by atoms with Crippen LogP contribution in [0.3, 0.4) is 0 Å². The van der Waals surface area contributed by atoms with Gasteiger partial charge in [-0.05, 0) is 38.3 Å². The fraction of sp³-hybridized carbons (Fsp3) is 1.00. The van der Waals surface area contributed by atoms with Crippen molar-refractivity contribution in [1.29, 1.82) is 0 Å². The highest BCUT2D eigenvalue weighted by atomic mass is 15.2. The van der Waals surface area contributed by atoms with Crippen molar-refractivity contribution in [3.8, 4) is 0 Å². The first-order valence-corrected chi connectivity index (χ1v) is 6.23. The largest absolute Gasteiger partial charge is 0.312 e. The number of fused-ring (bicyclic) bond motifs is 1. The van der Waals surface area contributed by atoms with Crippen LogP contribution in [0.1, 0.15) is 39.5 Å². The monoisotopic (exact) mass is 196 g/mol. The number of nitrogens with zero attached hydrogens (tertiary/aromatic N) is 1. The molecule has 14 heavy (non-hydrogen) atoms. The Morgan fingerprint density at radius 1 is 1.36 bits per heavy atom. The Morgan fingerprint density at radius 2 is 2.21 bits per heavy atom. The standard InChI is InChI=1S/C12H24N2/c1-10(2)8-13-11-7-12-5-3-4-6-14(12)9-11/h10-13H,3-9H2,1-2H3. The van der Waals surface area contributed by atoms with E-state index in [4.69, 9.17) is 0 Å². The van der Waals surface area contributed by atoms with Gasteiger partial charge in [-0.2, -0.15) is 0 Å². The lowest BCUT2D eigenvalue weighted by atomic mass is 10.0. The molecular formula is C12H24N2. The van der Waals surface area contributed by atoms with Crippen molar-refractivity contribution in [2.24, 2.45) is 5.92 Å². The molecule has 2 aliphatic heterocycles. The fourth-order valence-electron chi connectivity index (χ4n) is 2.80. The Balaban J connectivity index is 1.75. The van der Waals surface area contributed by atoms with Crippen molar-refractivity contribution in [3.05, 3.63) is 0 Å². The summed E-state index contributed by atoms with van der Waals surface area (Å²) < 4.78 is 0. The lowest BCUT2D eigenvalue weighted by molar-refractivity contribution is 0.197. The maximum atomic E-state index is 3.70. The third kappa shape index (κ3) is 2.48. The van der Waals surface area contributed by atoms with Crippen LogP contribution in [0.2, 0.25) is 0 Å². The molecule has 0 radical (unpaired) electrons. The molecule has 2 heterocycles. The van der Waals surface area contributed by atoms with Gasteiger partial charge in [0.25, 0.3) is 0 Å². The zero-order valence-corrected chi connectivity index (χ0v) is 9.63. The van der Waals surface area contributed by atoms with Crippen LogP contribution in [0, 0.1) is 5.92 Å². The van der Waals surface area contributed by atoms with Crippen LogP contribution in [0.25, 0.3) is 0 Å². The third-order valence-corrected chi connectivity index (χ3v) is 3.58. The van der Waals surface area contributed by atoms with Gasteiger partial charge >= 0.3 is 0 Å². The van der Waals surface area contributed by atoms with Gasteiger partial charge in [0.2, 0.25) is 0 Å². The molecule has 2 unspecified atom stereocenters. The summed E-state index contributed by atoms with van der Waals surface area (Å²) in [6.45, 7) is 8.41. The minimum Gasteiger partial charge on any atom is -0.312 e. The van der Waals surface area contributed by atoms with E-state index in [1.54, 1.807) is 0 Å². The average molecular weight is 196 g/mol. The predicted octanol–water partition coefficient (Wildman–Crippen LogP) is 1.86. The van der Waals surface area contributed by atoms with E-state index in [0.29, 0.717) is 0 Å². The Labute approximate surface area is 88.1 Å². The van der Waals surface area contributed by atoms with Crippen LogP contribution in [-0.2, 0) is 0 Å². The second-order valence-corrected chi connectivity index (χ2v) is 5.38. The summed E-state index contributed by atoms with van der Waals surface area (Å²) in [6, 6.07) is 1.69. The summed E-state index contributed by atoms with van der Waals surface area (Å²) in [4.78, 5) is 2.70. The maximum Gasteiger partial charge on any atom is 0.0210 e. The number of piperidine rings is 1. The molecule has 0 aromatic rings. The molecule has 2 saturated heterocycles. The summed E-state index contributed by atoms with van der Waals surface area (Å²) in [5.41, 5.74) is 0. The van der Waals surface area contributed by atoms with E-state index in [0.717, 1.165) is 18.0 Å². The summed E-state index contributed by atoms with van der Waals surface area (Å²) >= 11 is 0. The van der Waals surface area contributed by atoms with Gasteiger partial charge in [0.05, 0.1) is 0 Å². The number of rotatable bonds is 3. The third-order valence-electron chi connectivity index (χ3n) is 3.58. The molecule has 0 aromatic heterocycles. The second kappa shape index (κ2) is 4.63. The van der Waals surface area contributed by atoms with Gasteiger partial charge < -0.3 is 5.32 Å². The van der Waals surface area contributed by atoms with E-state index < -0.39 is 0 Å². The van der Waals surface area contributed by atoms with Crippen molar-refractivity contribution in [1.82, 2.24) is 10.2 Å². The molecule has 0 saturated carbocycles. The van der Waals surface area contributed by atoms with Gasteiger partial charge in [-0.15, -0.1) is 0 Å². The van der Waals surface area contributed by atoms with E-state index in [2.05, 4.69) is 24.1 Å². The molecule has 2 aliphatic rings. The highest BCUT2D eigenvalue weighted by Crippen LogP contribution is 2.26. The van der Waals surface area contributed by atoms with Gasteiger partial charge in [-0.25, -0.2) is 0 Å². The molecule has 0 amide bonds. The first-order chi connectivity index (χ1) is 6.75. The molecule has 0 aliphatic carbocycles. The van der Waals surface area contributed by atoms with Crippen LogP contribution in [-0.4, -0.2) is 36.6 Å². The zero-order valence-electron chi connectivity index (χ0n) is 9.63. The van der Waals surface area contributed by atoms with Crippen LogP contribution in [0.4, 0.5) is 0 Å². The molecule has 2 atom stereocenters. The lowest BCUT2D eigenvalue weighted by Gasteiger charge is -2.28. The Bertz CT molecular complexity index is 165. The van der Waals surface area contributed by atoms with Crippen LogP contribution >= 0.6 is 0 Å². The van der Waals surface area contributed by atoms with Gasteiger partial charge in [-0.3, -0.25) is 4.90 Å². The SMILES string of the molecule is CC(C)CNC1CC2CCCCN2C1. The smallest absolute Gasteiger partial charge is 0.0210 e. The van der Waals surface area contributed by atoms with Crippen molar-refractivity contribution in [2.45, 2.75) is 51.6 Å². The second-order valence-electron chi connectivity index (χ2n) is 5.38. The van der Waals surface area contributed by atoms with Crippen molar-refractivity contribution in [3.63, 3.8) is 0 Å². The van der Waals surface area contributed by atoms with Gasteiger partial charge in [0.1, 0.15) is 0 Å². The van der Waals surface area contributed by atoms with Gasteiger partial charge in [0, 0.05) is 18.6 Å². The molecule has 0 bridgehead atoms. The first-order valence-electron chi connectivity index (χ1n) is 6.23. The summed E-state index contributed by atoms with van der Waals surface area (Å²) in [7, 11) is 0. The summed E-state index contributed by atoms with van der Waals surface area (Å²) in [6.07, 6.45) is 5.72.